The molecule has 0 aromatic heterocycles. The van der Waals surface area contributed by atoms with Crippen LogP contribution in [0.4, 0.5) is 0 Å². The van der Waals surface area contributed by atoms with Gasteiger partial charge in [-0.1, -0.05) is 30.4 Å². The van der Waals surface area contributed by atoms with Crippen LogP contribution in [0, 0.1) is 0 Å². The summed E-state index contributed by atoms with van der Waals surface area (Å²) >= 11 is 4.96. The number of rotatable bonds is 2. The molecule has 0 saturated carbocycles. The van der Waals surface area contributed by atoms with Gasteiger partial charge in [-0.25, -0.2) is 0 Å². The summed E-state index contributed by atoms with van der Waals surface area (Å²) in [4.78, 5) is 14.4. The van der Waals surface area contributed by atoms with Crippen molar-refractivity contribution in [2.75, 3.05) is 26.2 Å². The summed E-state index contributed by atoms with van der Waals surface area (Å²) in [6.07, 6.45) is 0. The van der Waals surface area contributed by atoms with E-state index in [0.717, 1.165) is 26.2 Å². The summed E-state index contributed by atoms with van der Waals surface area (Å²) in [5, 5.41) is 3.21. The number of nitrogens with one attached hydrogen (secondary N) is 1. The van der Waals surface area contributed by atoms with Crippen LogP contribution in [0.1, 0.15) is 15.9 Å². The number of thiocarbonyl (C=S) groups is 1. The Balaban J connectivity index is 2.26. The van der Waals surface area contributed by atoms with Gasteiger partial charge in [0.2, 0.25) is 0 Å². The van der Waals surface area contributed by atoms with E-state index in [1.165, 1.54) is 0 Å². The van der Waals surface area contributed by atoms with Crippen LogP contribution in [0.3, 0.4) is 0 Å². The van der Waals surface area contributed by atoms with Crippen LogP contribution in [0.25, 0.3) is 0 Å². The number of carbonyl (C=O) groups excluding carboxylic acids is 1. The molecular formula is C12H15N3OS. The summed E-state index contributed by atoms with van der Waals surface area (Å²) < 4.78 is 0. The summed E-state index contributed by atoms with van der Waals surface area (Å²) in [5.74, 6) is 0.00917. The van der Waals surface area contributed by atoms with Crippen LogP contribution in [-0.2, 0) is 0 Å². The topological polar surface area (TPSA) is 58.4 Å². The zero-order valence-electron chi connectivity index (χ0n) is 9.48. The quantitative estimate of drug-likeness (QED) is 0.743. The molecule has 1 heterocycles. The van der Waals surface area contributed by atoms with Crippen molar-refractivity contribution in [3.8, 4) is 0 Å². The molecule has 1 aliphatic rings. The molecule has 0 aliphatic carbocycles. The second kappa shape index (κ2) is 5.25. The minimum absolute atomic E-state index is 0.00917. The van der Waals surface area contributed by atoms with E-state index in [1.807, 2.05) is 17.0 Å². The Morgan fingerprint density at radius 3 is 2.41 bits per heavy atom. The molecule has 3 N–H and O–H groups in total. The lowest BCUT2D eigenvalue weighted by Crippen LogP contribution is -2.46. The van der Waals surface area contributed by atoms with Crippen molar-refractivity contribution in [3.05, 3.63) is 35.4 Å². The van der Waals surface area contributed by atoms with Gasteiger partial charge in [0.25, 0.3) is 5.91 Å². The highest BCUT2D eigenvalue weighted by molar-refractivity contribution is 7.80. The standard InChI is InChI=1S/C12H15N3OS/c13-11(17)9-3-1-2-4-10(9)12(16)15-7-5-14-6-8-15/h1-4,14H,5-8H2,(H2,13,17). The van der Waals surface area contributed by atoms with E-state index in [0.29, 0.717) is 11.1 Å². The lowest BCUT2D eigenvalue weighted by molar-refractivity contribution is 0.0735. The molecule has 1 aliphatic heterocycles. The fraction of sp³-hybridized carbons (Fsp3) is 0.333. The Morgan fingerprint density at radius 1 is 1.24 bits per heavy atom. The number of hydrogen-bond donors (Lipinski definition) is 2. The lowest BCUT2D eigenvalue weighted by Gasteiger charge is -2.28. The Hall–Kier alpha value is -1.46. The van der Waals surface area contributed by atoms with Gasteiger partial charge < -0.3 is 16.0 Å². The van der Waals surface area contributed by atoms with E-state index in [2.05, 4.69) is 5.32 Å². The van der Waals surface area contributed by atoms with Crippen LogP contribution in [0.2, 0.25) is 0 Å². The molecule has 1 amide bonds. The van der Waals surface area contributed by atoms with Gasteiger partial charge in [-0.05, 0) is 6.07 Å². The molecule has 4 nitrogen and oxygen atoms in total. The monoisotopic (exact) mass is 249 g/mol. The molecule has 1 saturated heterocycles. The van der Waals surface area contributed by atoms with E-state index in [4.69, 9.17) is 18.0 Å². The summed E-state index contributed by atoms with van der Waals surface area (Å²) in [7, 11) is 0. The first-order valence-corrected chi connectivity index (χ1v) is 6.00. The van der Waals surface area contributed by atoms with Crippen molar-refractivity contribution in [2.24, 2.45) is 5.73 Å². The predicted molar refractivity (Wildman–Crippen MR) is 71.1 cm³/mol. The van der Waals surface area contributed by atoms with E-state index in [1.54, 1.807) is 12.1 Å². The zero-order valence-corrected chi connectivity index (χ0v) is 10.3. The predicted octanol–water partition coefficient (Wildman–Crippen LogP) is 0.366. The largest absolute Gasteiger partial charge is 0.389 e. The highest BCUT2D eigenvalue weighted by Gasteiger charge is 2.20. The Morgan fingerprint density at radius 2 is 1.82 bits per heavy atom. The van der Waals surface area contributed by atoms with Crippen molar-refractivity contribution in [3.63, 3.8) is 0 Å². The molecule has 1 aromatic carbocycles. The molecule has 0 atom stereocenters. The third-order valence-corrected chi connectivity index (χ3v) is 3.05. The SMILES string of the molecule is NC(=S)c1ccccc1C(=O)N1CCNCC1. The fourth-order valence-corrected chi connectivity index (χ4v) is 2.10. The maximum atomic E-state index is 12.3. The van der Waals surface area contributed by atoms with Crippen LogP contribution in [0.15, 0.2) is 24.3 Å². The van der Waals surface area contributed by atoms with Crippen LogP contribution in [0.5, 0.6) is 0 Å². The third kappa shape index (κ3) is 2.62. The molecule has 90 valence electrons. The van der Waals surface area contributed by atoms with Gasteiger partial charge in [0.15, 0.2) is 0 Å². The molecule has 5 heteroatoms. The average Bonchev–Trinajstić information content (AvgIpc) is 2.39. The molecule has 0 unspecified atom stereocenters. The van der Waals surface area contributed by atoms with Crippen molar-refractivity contribution < 1.29 is 4.79 Å². The number of nitrogens with zero attached hydrogens (tertiary/aromatic N) is 1. The lowest BCUT2D eigenvalue weighted by atomic mass is 10.1. The normalized spacial score (nSPS) is 15.6. The average molecular weight is 249 g/mol. The van der Waals surface area contributed by atoms with Gasteiger partial charge in [0.1, 0.15) is 4.99 Å². The first-order chi connectivity index (χ1) is 8.20. The van der Waals surface area contributed by atoms with E-state index in [-0.39, 0.29) is 10.9 Å². The van der Waals surface area contributed by atoms with Crippen molar-refractivity contribution >= 4 is 23.1 Å². The molecule has 1 fully saturated rings. The summed E-state index contributed by atoms with van der Waals surface area (Å²) in [6, 6.07) is 7.23. The van der Waals surface area contributed by atoms with Gasteiger partial charge >= 0.3 is 0 Å². The highest BCUT2D eigenvalue weighted by atomic mass is 32.1. The molecule has 0 bridgehead atoms. The number of piperazine rings is 1. The molecule has 1 aromatic rings. The maximum absolute atomic E-state index is 12.3. The number of benzene rings is 1. The van der Waals surface area contributed by atoms with Gasteiger partial charge in [0.05, 0.1) is 0 Å². The fourth-order valence-electron chi connectivity index (χ4n) is 1.92. The second-order valence-electron chi connectivity index (χ2n) is 3.95. The first kappa shape index (κ1) is 12.0. The maximum Gasteiger partial charge on any atom is 0.254 e. The Bertz CT molecular complexity index is 441. The zero-order chi connectivity index (χ0) is 12.3. The van der Waals surface area contributed by atoms with E-state index < -0.39 is 0 Å². The van der Waals surface area contributed by atoms with E-state index in [9.17, 15) is 4.79 Å². The van der Waals surface area contributed by atoms with Gasteiger partial charge in [-0.3, -0.25) is 4.79 Å². The number of carbonyl (C=O) groups is 1. The smallest absolute Gasteiger partial charge is 0.254 e. The summed E-state index contributed by atoms with van der Waals surface area (Å²) in [5.41, 5.74) is 6.89. The number of hydrogen-bond acceptors (Lipinski definition) is 3. The minimum Gasteiger partial charge on any atom is -0.389 e. The van der Waals surface area contributed by atoms with Crippen molar-refractivity contribution in [1.29, 1.82) is 0 Å². The Labute approximate surface area is 106 Å². The van der Waals surface area contributed by atoms with E-state index >= 15 is 0 Å². The third-order valence-electron chi connectivity index (χ3n) is 2.83. The van der Waals surface area contributed by atoms with Crippen LogP contribution >= 0.6 is 12.2 Å². The molecule has 17 heavy (non-hydrogen) atoms. The van der Waals surface area contributed by atoms with Crippen LogP contribution in [-0.4, -0.2) is 42.0 Å². The number of nitrogens with two attached hydrogens (primary N) is 1. The minimum atomic E-state index is 0.00917. The van der Waals surface area contributed by atoms with Crippen molar-refractivity contribution in [2.45, 2.75) is 0 Å². The summed E-state index contributed by atoms with van der Waals surface area (Å²) in [6.45, 7) is 3.12. The van der Waals surface area contributed by atoms with Gasteiger partial charge in [-0.15, -0.1) is 0 Å². The Kier molecular flexibility index (Phi) is 3.71. The van der Waals surface area contributed by atoms with Crippen molar-refractivity contribution in [1.82, 2.24) is 10.2 Å². The molecule has 0 spiro atoms. The van der Waals surface area contributed by atoms with Crippen LogP contribution < -0.4 is 11.1 Å². The molecule has 0 radical (unpaired) electrons. The number of amides is 1. The van der Waals surface area contributed by atoms with Gasteiger partial charge in [-0.2, -0.15) is 0 Å². The molecule has 2 rings (SSSR count). The first-order valence-electron chi connectivity index (χ1n) is 5.59. The van der Waals surface area contributed by atoms with Gasteiger partial charge in [0, 0.05) is 37.3 Å². The second-order valence-corrected chi connectivity index (χ2v) is 4.39. The molecular weight excluding hydrogens is 234 g/mol. The highest BCUT2D eigenvalue weighted by Crippen LogP contribution is 2.12.